The van der Waals surface area contributed by atoms with E-state index in [1.807, 2.05) is 0 Å². The van der Waals surface area contributed by atoms with Crippen LogP contribution in [-0.4, -0.2) is 17.9 Å². The number of benzene rings is 1. The summed E-state index contributed by atoms with van der Waals surface area (Å²) in [6.45, 7) is 1.22. The van der Waals surface area contributed by atoms with Crippen LogP contribution < -0.4 is 5.32 Å². The topological polar surface area (TPSA) is 29.1 Å². The minimum atomic E-state index is -2.68. The van der Waals surface area contributed by atoms with Gasteiger partial charge in [-0.15, -0.1) is 0 Å². The second-order valence-electron chi connectivity index (χ2n) is 4.57. The number of nitrogens with one attached hydrogen (secondary N) is 1. The first-order chi connectivity index (χ1) is 8.78. The van der Waals surface area contributed by atoms with Crippen molar-refractivity contribution in [3.8, 4) is 0 Å². The monoisotopic (exact) mass is 339 g/mol. The van der Waals surface area contributed by atoms with Crippen LogP contribution in [0.5, 0.6) is 0 Å². The van der Waals surface area contributed by atoms with Crippen LogP contribution in [0.1, 0.15) is 28.8 Å². The predicted molar refractivity (Wildman–Crippen MR) is 64.2 cm³/mol. The molecule has 1 aliphatic rings. The minimum Gasteiger partial charge on any atom is -0.341 e. The molecule has 1 aromatic rings. The summed E-state index contributed by atoms with van der Waals surface area (Å²) in [5, 5.41) is 2.20. The van der Waals surface area contributed by atoms with Gasteiger partial charge in [-0.25, -0.2) is 17.6 Å². The van der Waals surface area contributed by atoms with Crippen molar-refractivity contribution < 1.29 is 22.4 Å². The number of hydrogen-bond acceptors (Lipinski definition) is 1. The number of halogens is 5. The summed E-state index contributed by atoms with van der Waals surface area (Å²) in [5.74, 6) is -3.10. The highest BCUT2D eigenvalue weighted by molar-refractivity contribution is 9.10. The van der Waals surface area contributed by atoms with Crippen molar-refractivity contribution in [2.24, 2.45) is 0 Å². The van der Waals surface area contributed by atoms with E-state index in [0.717, 1.165) is 6.07 Å². The SMILES string of the molecule is Cc1c(C(=O)NC2(C(F)F)CC2)cc(Br)c(F)c1F. The van der Waals surface area contributed by atoms with Crippen LogP contribution in [0.25, 0.3) is 0 Å². The number of alkyl halides is 2. The number of amides is 1. The van der Waals surface area contributed by atoms with E-state index >= 15 is 0 Å². The minimum absolute atomic E-state index is 0.155. The van der Waals surface area contributed by atoms with E-state index in [-0.39, 0.29) is 28.4 Å². The Bertz CT molecular complexity index is 543. The van der Waals surface area contributed by atoms with Crippen LogP contribution in [0.3, 0.4) is 0 Å². The number of hydrogen-bond donors (Lipinski definition) is 1. The van der Waals surface area contributed by atoms with Crippen LogP contribution in [-0.2, 0) is 0 Å². The summed E-state index contributed by atoms with van der Waals surface area (Å²) >= 11 is 2.78. The lowest BCUT2D eigenvalue weighted by atomic mass is 10.1. The molecule has 1 aromatic carbocycles. The summed E-state index contributed by atoms with van der Waals surface area (Å²) in [6, 6.07) is 1.09. The summed E-state index contributed by atoms with van der Waals surface area (Å²) in [7, 11) is 0. The molecule has 0 spiro atoms. The Balaban J connectivity index is 2.30. The lowest BCUT2D eigenvalue weighted by Gasteiger charge is -2.17. The molecule has 0 saturated heterocycles. The molecule has 7 heteroatoms. The molecular formula is C12H10BrF4NO. The lowest BCUT2D eigenvalue weighted by Crippen LogP contribution is -2.42. The van der Waals surface area contributed by atoms with Gasteiger partial charge in [-0.3, -0.25) is 4.79 Å². The third-order valence-electron chi connectivity index (χ3n) is 3.22. The van der Waals surface area contributed by atoms with Gasteiger partial charge in [0.25, 0.3) is 12.3 Å². The predicted octanol–water partition coefficient (Wildman–Crippen LogP) is 3.56. The van der Waals surface area contributed by atoms with Crippen molar-refractivity contribution in [1.29, 1.82) is 0 Å². The largest absolute Gasteiger partial charge is 0.341 e. The van der Waals surface area contributed by atoms with Gasteiger partial charge in [0.15, 0.2) is 11.6 Å². The van der Waals surface area contributed by atoms with Crippen molar-refractivity contribution in [2.45, 2.75) is 31.7 Å². The second-order valence-corrected chi connectivity index (χ2v) is 5.42. The van der Waals surface area contributed by atoms with Crippen molar-refractivity contribution in [3.05, 3.63) is 33.3 Å². The van der Waals surface area contributed by atoms with E-state index in [1.54, 1.807) is 0 Å². The van der Waals surface area contributed by atoms with Crippen LogP contribution in [0, 0.1) is 18.6 Å². The van der Waals surface area contributed by atoms with Gasteiger partial charge in [-0.05, 0) is 41.8 Å². The van der Waals surface area contributed by atoms with Gasteiger partial charge < -0.3 is 5.32 Å². The molecule has 2 nitrogen and oxygen atoms in total. The van der Waals surface area contributed by atoms with Crippen molar-refractivity contribution in [3.63, 3.8) is 0 Å². The third-order valence-corrected chi connectivity index (χ3v) is 3.80. The van der Waals surface area contributed by atoms with Gasteiger partial charge in [-0.2, -0.15) is 0 Å². The molecule has 0 aliphatic heterocycles. The van der Waals surface area contributed by atoms with Crippen molar-refractivity contribution in [1.82, 2.24) is 5.32 Å². The highest BCUT2D eigenvalue weighted by atomic mass is 79.9. The molecule has 19 heavy (non-hydrogen) atoms. The lowest BCUT2D eigenvalue weighted by molar-refractivity contribution is 0.0679. The molecule has 0 unspecified atom stereocenters. The molecule has 1 amide bonds. The Hall–Kier alpha value is -1.11. The fourth-order valence-corrected chi connectivity index (χ4v) is 2.15. The van der Waals surface area contributed by atoms with Gasteiger partial charge in [-0.1, -0.05) is 0 Å². The van der Waals surface area contributed by atoms with E-state index in [2.05, 4.69) is 21.2 Å². The second kappa shape index (κ2) is 4.77. The Morgan fingerprint density at radius 3 is 2.42 bits per heavy atom. The van der Waals surface area contributed by atoms with E-state index in [9.17, 15) is 22.4 Å². The van der Waals surface area contributed by atoms with Crippen LogP contribution in [0.2, 0.25) is 0 Å². The Morgan fingerprint density at radius 2 is 1.95 bits per heavy atom. The molecule has 0 aromatic heterocycles. The third kappa shape index (κ3) is 2.48. The first kappa shape index (κ1) is 14.3. The molecule has 2 rings (SSSR count). The zero-order valence-electron chi connectivity index (χ0n) is 9.87. The van der Waals surface area contributed by atoms with Gasteiger partial charge in [0.05, 0.1) is 4.47 Å². The normalized spacial score (nSPS) is 16.6. The van der Waals surface area contributed by atoms with Gasteiger partial charge >= 0.3 is 0 Å². The van der Waals surface area contributed by atoms with Crippen molar-refractivity contribution >= 4 is 21.8 Å². The molecule has 0 radical (unpaired) electrons. The Morgan fingerprint density at radius 1 is 1.37 bits per heavy atom. The van der Waals surface area contributed by atoms with E-state index < -0.39 is 29.5 Å². The van der Waals surface area contributed by atoms with Crippen LogP contribution >= 0.6 is 15.9 Å². The van der Waals surface area contributed by atoms with Crippen LogP contribution in [0.4, 0.5) is 17.6 Å². The molecule has 1 aliphatic carbocycles. The maximum absolute atomic E-state index is 13.5. The smallest absolute Gasteiger partial charge is 0.261 e. The number of rotatable bonds is 3. The fraction of sp³-hybridized carbons (Fsp3) is 0.417. The first-order valence-electron chi connectivity index (χ1n) is 5.53. The summed E-state index contributed by atoms with van der Waals surface area (Å²) < 4.78 is 51.9. The highest BCUT2D eigenvalue weighted by Crippen LogP contribution is 2.41. The average Bonchev–Trinajstić information content (AvgIpc) is 3.12. The summed E-state index contributed by atoms with van der Waals surface area (Å²) in [4.78, 5) is 11.9. The molecule has 1 fully saturated rings. The molecule has 104 valence electrons. The zero-order chi connectivity index (χ0) is 14.4. The highest BCUT2D eigenvalue weighted by Gasteiger charge is 2.52. The molecule has 0 bridgehead atoms. The maximum Gasteiger partial charge on any atom is 0.261 e. The fourth-order valence-electron chi connectivity index (χ4n) is 1.75. The Labute approximate surface area is 115 Å². The van der Waals surface area contributed by atoms with Gasteiger partial charge in [0.2, 0.25) is 0 Å². The van der Waals surface area contributed by atoms with E-state index in [1.165, 1.54) is 6.92 Å². The number of carbonyl (C=O) groups is 1. The quantitative estimate of drug-likeness (QED) is 0.662. The first-order valence-corrected chi connectivity index (χ1v) is 6.32. The summed E-state index contributed by atoms with van der Waals surface area (Å²) in [6.07, 6.45) is -2.31. The summed E-state index contributed by atoms with van der Waals surface area (Å²) in [5.41, 5.74) is -1.87. The molecule has 1 saturated carbocycles. The average molecular weight is 340 g/mol. The standard InChI is InChI=1S/C12H10BrF4NO/c1-5-6(4-7(13)9(15)8(5)14)10(19)18-12(2-3-12)11(16)17/h4,11H,2-3H2,1H3,(H,18,19). The van der Waals surface area contributed by atoms with Crippen LogP contribution in [0.15, 0.2) is 10.5 Å². The van der Waals surface area contributed by atoms with Gasteiger partial charge in [0, 0.05) is 11.1 Å². The van der Waals surface area contributed by atoms with E-state index in [4.69, 9.17) is 0 Å². The zero-order valence-corrected chi connectivity index (χ0v) is 11.5. The van der Waals surface area contributed by atoms with Crippen molar-refractivity contribution in [2.75, 3.05) is 0 Å². The molecule has 0 heterocycles. The molecular weight excluding hydrogens is 330 g/mol. The maximum atomic E-state index is 13.5. The number of carbonyl (C=O) groups excluding carboxylic acids is 1. The Kier molecular flexibility index (Phi) is 3.59. The molecule has 0 atom stereocenters. The van der Waals surface area contributed by atoms with E-state index in [0.29, 0.717) is 0 Å². The van der Waals surface area contributed by atoms with Gasteiger partial charge in [0.1, 0.15) is 5.54 Å². The molecule has 1 N–H and O–H groups in total.